The summed E-state index contributed by atoms with van der Waals surface area (Å²) >= 11 is 1.61. The van der Waals surface area contributed by atoms with Gasteiger partial charge in [0.1, 0.15) is 10.8 Å². The van der Waals surface area contributed by atoms with Crippen LogP contribution in [-0.4, -0.2) is 12.0 Å². The minimum absolute atomic E-state index is 0. The Bertz CT molecular complexity index is 499. The molecule has 17 heavy (non-hydrogen) atoms. The molecule has 2 rings (SSSR count). The minimum Gasteiger partial charge on any atom is -0.314 e. The van der Waals surface area contributed by atoms with Gasteiger partial charge in [-0.1, -0.05) is 0 Å². The fourth-order valence-corrected chi connectivity index (χ4v) is 2.30. The number of rotatable bonds is 3. The molecule has 1 N–H and O–H groups in total. The van der Waals surface area contributed by atoms with Crippen molar-refractivity contribution in [2.45, 2.75) is 13.5 Å². The molecular weight excluding hydrogens is 259 g/mol. The zero-order valence-electron chi connectivity index (χ0n) is 9.66. The van der Waals surface area contributed by atoms with Gasteiger partial charge in [-0.2, -0.15) is 0 Å². The van der Waals surface area contributed by atoms with Gasteiger partial charge in [0.25, 0.3) is 0 Å². The summed E-state index contributed by atoms with van der Waals surface area (Å²) in [6, 6.07) is 5.08. The number of nitrogens with zero attached hydrogens (tertiary/aromatic N) is 1. The third-order valence-corrected chi connectivity index (χ3v) is 3.18. The van der Waals surface area contributed by atoms with Crippen LogP contribution in [0.3, 0.4) is 0 Å². The van der Waals surface area contributed by atoms with E-state index in [-0.39, 0.29) is 18.2 Å². The molecule has 1 heterocycles. The Kier molecular flexibility index (Phi) is 5.05. The topological polar surface area (TPSA) is 24.9 Å². The molecule has 1 aromatic carbocycles. The van der Waals surface area contributed by atoms with E-state index < -0.39 is 0 Å². The van der Waals surface area contributed by atoms with Gasteiger partial charge in [0.15, 0.2) is 0 Å². The summed E-state index contributed by atoms with van der Waals surface area (Å²) in [6.07, 6.45) is 0. The molecule has 0 aliphatic carbocycles. The minimum atomic E-state index is -0.172. The molecule has 0 saturated carbocycles. The third-order valence-electron chi connectivity index (χ3n) is 2.33. The quantitative estimate of drug-likeness (QED) is 0.926. The van der Waals surface area contributed by atoms with Crippen LogP contribution in [0.25, 0.3) is 11.3 Å². The SMILES string of the molecule is CNCc1nc(-c2ccc(F)c(C)c2)cs1.Cl. The predicted octanol–water partition coefficient (Wildman–Crippen LogP) is 3.40. The normalized spacial score (nSPS) is 10.1. The summed E-state index contributed by atoms with van der Waals surface area (Å²) in [6.45, 7) is 2.53. The standard InChI is InChI=1S/C12H13FN2S.ClH/c1-8-5-9(3-4-10(8)13)11-7-16-12(15-11)6-14-2;/h3-5,7,14H,6H2,1-2H3;1H. The number of aromatic nitrogens is 1. The molecule has 1 aromatic heterocycles. The number of halogens is 2. The highest BCUT2D eigenvalue weighted by atomic mass is 35.5. The molecule has 0 aliphatic rings. The summed E-state index contributed by atoms with van der Waals surface area (Å²) in [4.78, 5) is 4.47. The molecule has 0 radical (unpaired) electrons. The van der Waals surface area contributed by atoms with Gasteiger partial charge in [-0.25, -0.2) is 9.37 Å². The first-order chi connectivity index (χ1) is 7.70. The van der Waals surface area contributed by atoms with Crippen LogP contribution < -0.4 is 5.32 Å². The Morgan fingerprint density at radius 3 is 2.82 bits per heavy atom. The average molecular weight is 273 g/mol. The lowest BCUT2D eigenvalue weighted by molar-refractivity contribution is 0.619. The molecule has 0 saturated heterocycles. The highest BCUT2D eigenvalue weighted by Crippen LogP contribution is 2.23. The van der Waals surface area contributed by atoms with Gasteiger partial charge in [0, 0.05) is 17.5 Å². The van der Waals surface area contributed by atoms with Gasteiger partial charge in [0.05, 0.1) is 5.69 Å². The molecule has 0 bridgehead atoms. The van der Waals surface area contributed by atoms with E-state index in [1.54, 1.807) is 24.3 Å². The number of nitrogens with one attached hydrogen (secondary N) is 1. The van der Waals surface area contributed by atoms with Gasteiger partial charge >= 0.3 is 0 Å². The van der Waals surface area contributed by atoms with Crippen molar-refractivity contribution >= 4 is 23.7 Å². The van der Waals surface area contributed by atoms with Crippen molar-refractivity contribution in [1.82, 2.24) is 10.3 Å². The van der Waals surface area contributed by atoms with Crippen molar-refractivity contribution in [1.29, 1.82) is 0 Å². The van der Waals surface area contributed by atoms with Gasteiger partial charge < -0.3 is 5.32 Å². The van der Waals surface area contributed by atoms with Gasteiger partial charge in [-0.05, 0) is 37.7 Å². The Morgan fingerprint density at radius 2 is 2.18 bits per heavy atom. The van der Waals surface area contributed by atoms with Crippen LogP contribution in [0.1, 0.15) is 10.6 Å². The number of hydrogen-bond acceptors (Lipinski definition) is 3. The Hall–Kier alpha value is -0.970. The monoisotopic (exact) mass is 272 g/mol. The largest absolute Gasteiger partial charge is 0.314 e. The number of benzene rings is 1. The lowest BCUT2D eigenvalue weighted by Gasteiger charge is -2.00. The fourth-order valence-electron chi connectivity index (χ4n) is 1.48. The van der Waals surface area contributed by atoms with E-state index in [0.717, 1.165) is 22.8 Å². The number of thiazole rings is 1. The molecule has 0 amide bonds. The van der Waals surface area contributed by atoms with E-state index in [1.165, 1.54) is 6.07 Å². The molecule has 92 valence electrons. The summed E-state index contributed by atoms with van der Waals surface area (Å²) < 4.78 is 13.1. The van der Waals surface area contributed by atoms with E-state index in [4.69, 9.17) is 0 Å². The second-order valence-corrected chi connectivity index (χ2v) is 4.56. The second kappa shape index (κ2) is 6.10. The molecule has 0 unspecified atom stereocenters. The van der Waals surface area contributed by atoms with Gasteiger partial charge in [-0.3, -0.25) is 0 Å². The first-order valence-electron chi connectivity index (χ1n) is 5.06. The lowest BCUT2D eigenvalue weighted by atomic mass is 10.1. The number of aryl methyl sites for hydroxylation is 1. The smallest absolute Gasteiger partial charge is 0.126 e. The van der Waals surface area contributed by atoms with Crippen LogP contribution in [0.4, 0.5) is 4.39 Å². The molecule has 0 atom stereocenters. The Morgan fingerprint density at radius 1 is 1.41 bits per heavy atom. The maximum absolute atomic E-state index is 13.1. The second-order valence-electron chi connectivity index (χ2n) is 3.62. The van der Waals surface area contributed by atoms with Crippen molar-refractivity contribution in [3.05, 3.63) is 40.0 Å². The molecule has 2 nitrogen and oxygen atoms in total. The van der Waals surface area contributed by atoms with E-state index in [1.807, 2.05) is 18.5 Å². The van der Waals surface area contributed by atoms with Gasteiger partial charge in [-0.15, -0.1) is 23.7 Å². The maximum atomic E-state index is 13.1. The van der Waals surface area contributed by atoms with Crippen molar-refractivity contribution in [2.75, 3.05) is 7.05 Å². The van der Waals surface area contributed by atoms with Crippen LogP contribution >= 0.6 is 23.7 Å². The molecule has 0 fully saturated rings. The third kappa shape index (κ3) is 3.25. The zero-order chi connectivity index (χ0) is 11.5. The van der Waals surface area contributed by atoms with Crippen LogP contribution in [0, 0.1) is 12.7 Å². The van der Waals surface area contributed by atoms with E-state index in [9.17, 15) is 4.39 Å². The Balaban J connectivity index is 0.00000144. The van der Waals surface area contributed by atoms with Crippen LogP contribution in [0.15, 0.2) is 23.6 Å². The zero-order valence-corrected chi connectivity index (χ0v) is 11.3. The van der Waals surface area contributed by atoms with Crippen molar-refractivity contribution in [3.8, 4) is 11.3 Å². The van der Waals surface area contributed by atoms with Crippen molar-refractivity contribution < 1.29 is 4.39 Å². The maximum Gasteiger partial charge on any atom is 0.126 e. The van der Waals surface area contributed by atoms with Crippen LogP contribution in [0.5, 0.6) is 0 Å². The first kappa shape index (κ1) is 14.1. The fraction of sp³-hybridized carbons (Fsp3) is 0.250. The summed E-state index contributed by atoms with van der Waals surface area (Å²) in [7, 11) is 1.89. The van der Waals surface area contributed by atoms with E-state index in [0.29, 0.717) is 5.56 Å². The summed E-state index contributed by atoms with van der Waals surface area (Å²) in [5, 5.41) is 6.10. The molecular formula is C12H14ClFN2S. The van der Waals surface area contributed by atoms with Crippen LogP contribution in [-0.2, 0) is 6.54 Å². The highest BCUT2D eigenvalue weighted by Gasteiger charge is 2.05. The first-order valence-corrected chi connectivity index (χ1v) is 5.94. The van der Waals surface area contributed by atoms with E-state index >= 15 is 0 Å². The molecule has 0 spiro atoms. The highest BCUT2D eigenvalue weighted by molar-refractivity contribution is 7.09. The molecule has 0 aliphatic heterocycles. The van der Waals surface area contributed by atoms with Gasteiger partial charge in [0.2, 0.25) is 0 Å². The van der Waals surface area contributed by atoms with Crippen molar-refractivity contribution in [2.24, 2.45) is 0 Å². The number of hydrogen-bond donors (Lipinski definition) is 1. The van der Waals surface area contributed by atoms with Crippen molar-refractivity contribution in [3.63, 3.8) is 0 Å². The van der Waals surface area contributed by atoms with Crippen LogP contribution in [0.2, 0.25) is 0 Å². The van der Waals surface area contributed by atoms with E-state index in [2.05, 4.69) is 10.3 Å². The average Bonchev–Trinajstić information content (AvgIpc) is 2.71. The lowest BCUT2D eigenvalue weighted by Crippen LogP contribution is -2.04. The molecule has 2 aromatic rings. The summed E-state index contributed by atoms with van der Waals surface area (Å²) in [5.74, 6) is -0.172. The summed E-state index contributed by atoms with van der Waals surface area (Å²) in [5.41, 5.74) is 2.54. The molecule has 5 heteroatoms. The predicted molar refractivity (Wildman–Crippen MR) is 72.3 cm³/mol. The Labute approximate surface area is 110 Å².